The highest BCUT2D eigenvalue weighted by Gasteiger charge is 2.05. The monoisotopic (exact) mass is 312 g/mol. The molecular weight excluding hydrogens is 288 g/mol. The van der Waals surface area contributed by atoms with Gasteiger partial charge in [0.05, 0.1) is 7.11 Å². The molecule has 0 unspecified atom stereocenters. The molecule has 0 aliphatic heterocycles. The Balaban J connectivity index is 1.73. The van der Waals surface area contributed by atoms with E-state index in [1.807, 2.05) is 56.3 Å². The van der Waals surface area contributed by atoms with Crippen molar-refractivity contribution < 1.29 is 9.53 Å². The number of hydrogen-bond acceptors (Lipinski definition) is 3. The van der Waals surface area contributed by atoms with Crippen molar-refractivity contribution in [3.63, 3.8) is 0 Å². The van der Waals surface area contributed by atoms with Gasteiger partial charge in [0.2, 0.25) is 5.91 Å². The molecule has 0 saturated heterocycles. The standard InChI is InChI=1S/C19H24N2O2/c1-14-5-4-6-18(15(14)2)21-19(22)11-12-20-13-16-7-9-17(23-3)10-8-16/h4-10,20H,11-13H2,1-3H3,(H,21,22). The van der Waals surface area contributed by atoms with Gasteiger partial charge in [0.1, 0.15) is 5.75 Å². The summed E-state index contributed by atoms with van der Waals surface area (Å²) in [7, 11) is 1.65. The van der Waals surface area contributed by atoms with Gasteiger partial charge in [-0.05, 0) is 48.7 Å². The smallest absolute Gasteiger partial charge is 0.225 e. The Morgan fingerprint density at radius 3 is 2.52 bits per heavy atom. The van der Waals surface area contributed by atoms with Crippen molar-refractivity contribution in [2.45, 2.75) is 26.8 Å². The van der Waals surface area contributed by atoms with E-state index in [1.54, 1.807) is 7.11 Å². The van der Waals surface area contributed by atoms with Gasteiger partial charge in [-0.1, -0.05) is 24.3 Å². The van der Waals surface area contributed by atoms with Crippen molar-refractivity contribution in [3.8, 4) is 5.75 Å². The van der Waals surface area contributed by atoms with Crippen LogP contribution in [-0.2, 0) is 11.3 Å². The summed E-state index contributed by atoms with van der Waals surface area (Å²) in [5.74, 6) is 0.877. The number of hydrogen-bond donors (Lipinski definition) is 2. The molecule has 0 aromatic heterocycles. The lowest BCUT2D eigenvalue weighted by Crippen LogP contribution is -2.21. The van der Waals surface area contributed by atoms with Crippen molar-refractivity contribution in [1.29, 1.82) is 0 Å². The van der Waals surface area contributed by atoms with Gasteiger partial charge in [-0.2, -0.15) is 0 Å². The van der Waals surface area contributed by atoms with Crippen LogP contribution >= 0.6 is 0 Å². The molecule has 23 heavy (non-hydrogen) atoms. The summed E-state index contributed by atoms with van der Waals surface area (Å²) in [4.78, 5) is 12.0. The summed E-state index contributed by atoms with van der Waals surface area (Å²) < 4.78 is 5.13. The minimum absolute atomic E-state index is 0.0286. The zero-order chi connectivity index (χ0) is 16.7. The highest BCUT2D eigenvalue weighted by molar-refractivity contribution is 5.91. The van der Waals surface area contributed by atoms with Crippen LogP contribution in [0.3, 0.4) is 0 Å². The average molecular weight is 312 g/mol. The SMILES string of the molecule is COc1ccc(CNCCC(=O)Nc2cccc(C)c2C)cc1. The first-order valence-corrected chi connectivity index (χ1v) is 7.80. The van der Waals surface area contributed by atoms with Gasteiger partial charge >= 0.3 is 0 Å². The molecule has 4 heteroatoms. The Hall–Kier alpha value is -2.33. The molecule has 0 spiro atoms. The van der Waals surface area contributed by atoms with Crippen LogP contribution < -0.4 is 15.4 Å². The Labute approximate surface area is 137 Å². The zero-order valence-corrected chi connectivity index (χ0v) is 14.0. The average Bonchev–Trinajstić information content (AvgIpc) is 2.56. The van der Waals surface area contributed by atoms with Crippen LogP contribution in [0, 0.1) is 13.8 Å². The van der Waals surface area contributed by atoms with E-state index in [0.29, 0.717) is 13.0 Å². The third-order valence-electron chi connectivity index (χ3n) is 3.90. The molecule has 2 N–H and O–H groups in total. The first kappa shape index (κ1) is 17.0. The summed E-state index contributed by atoms with van der Waals surface area (Å²) >= 11 is 0. The second-order valence-corrected chi connectivity index (χ2v) is 5.57. The van der Waals surface area contributed by atoms with Crippen molar-refractivity contribution >= 4 is 11.6 Å². The largest absolute Gasteiger partial charge is 0.497 e. The third kappa shape index (κ3) is 5.11. The van der Waals surface area contributed by atoms with Gasteiger partial charge in [0, 0.05) is 25.2 Å². The predicted octanol–water partition coefficient (Wildman–Crippen LogP) is 3.43. The maximum absolute atomic E-state index is 12.0. The normalized spacial score (nSPS) is 10.4. The number of rotatable bonds is 7. The van der Waals surface area contributed by atoms with Crippen LogP contribution in [0.1, 0.15) is 23.1 Å². The topological polar surface area (TPSA) is 50.4 Å². The van der Waals surface area contributed by atoms with Crippen molar-refractivity contribution in [2.75, 3.05) is 19.0 Å². The van der Waals surface area contributed by atoms with E-state index in [0.717, 1.165) is 23.5 Å². The molecule has 2 aromatic rings. The van der Waals surface area contributed by atoms with E-state index in [1.165, 1.54) is 11.1 Å². The third-order valence-corrected chi connectivity index (χ3v) is 3.90. The van der Waals surface area contributed by atoms with E-state index in [4.69, 9.17) is 4.74 Å². The summed E-state index contributed by atoms with van der Waals surface area (Å²) in [5, 5.41) is 6.25. The lowest BCUT2D eigenvalue weighted by Gasteiger charge is -2.10. The fourth-order valence-electron chi connectivity index (χ4n) is 2.28. The Bertz CT molecular complexity index is 651. The van der Waals surface area contributed by atoms with Gasteiger partial charge in [-0.15, -0.1) is 0 Å². The van der Waals surface area contributed by atoms with Crippen LogP contribution in [0.15, 0.2) is 42.5 Å². The fraction of sp³-hybridized carbons (Fsp3) is 0.316. The van der Waals surface area contributed by atoms with Gasteiger partial charge < -0.3 is 15.4 Å². The predicted molar refractivity (Wildman–Crippen MR) is 93.9 cm³/mol. The molecule has 2 rings (SSSR count). The first-order valence-electron chi connectivity index (χ1n) is 7.80. The highest BCUT2D eigenvalue weighted by atomic mass is 16.5. The number of carbonyl (C=O) groups excluding carboxylic acids is 1. The molecule has 0 radical (unpaired) electrons. The molecule has 0 aliphatic rings. The van der Waals surface area contributed by atoms with Gasteiger partial charge in [0.15, 0.2) is 0 Å². The Morgan fingerprint density at radius 2 is 1.83 bits per heavy atom. The van der Waals surface area contributed by atoms with E-state index >= 15 is 0 Å². The van der Waals surface area contributed by atoms with Gasteiger partial charge in [-0.3, -0.25) is 4.79 Å². The molecule has 0 heterocycles. The second-order valence-electron chi connectivity index (χ2n) is 5.57. The number of benzene rings is 2. The number of carbonyl (C=O) groups is 1. The maximum atomic E-state index is 12.0. The molecule has 2 aromatic carbocycles. The molecule has 0 bridgehead atoms. The van der Waals surface area contributed by atoms with Crippen LogP contribution in [0.5, 0.6) is 5.75 Å². The number of methoxy groups -OCH3 is 1. The van der Waals surface area contributed by atoms with Gasteiger partial charge in [-0.25, -0.2) is 0 Å². The summed E-state index contributed by atoms with van der Waals surface area (Å²) in [5.41, 5.74) is 4.36. The maximum Gasteiger partial charge on any atom is 0.225 e. The minimum Gasteiger partial charge on any atom is -0.497 e. The molecule has 0 atom stereocenters. The minimum atomic E-state index is 0.0286. The first-order chi connectivity index (χ1) is 11.1. The summed E-state index contributed by atoms with van der Waals surface area (Å²) in [6.07, 6.45) is 0.448. The molecule has 0 saturated carbocycles. The lowest BCUT2D eigenvalue weighted by atomic mass is 10.1. The van der Waals surface area contributed by atoms with Crippen molar-refractivity contribution in [3.05, 3.63) is 59.2 Å². The Kier molecular flexibility index (Phi) is 6.18. The molecule has 4 nitrogen and oxygen atoms in total. The van der Waals surface area contributed by atoms with Crippen LogP contribution in [-0.4, -0.2) is 19.6 Å². The summed E-state index contributed by atoms with van der Waals surface area (Å²) in [6.45, 7) is 5.44. The van der Waals surface area contributed by atoms with E-state index in [2.05, 4.69) is 10.6 Å². The Morgan fingerprint density at radius 1 is 1.09 bits per heavy atom. The number of nitrogens with one attached hydrogen (secondary N) is 2. The van der Waals surface area contributed by atoms with Crippen LogP contribution in [0.25, 0.3) is 0 Å². The van der Waals surface area contributed by atoms with Crippen molar-refractivity contribution in [1.82, 2.24) is 5.32 Å². The zero-order valence-electron chi connectivity index (χ0n) is 14.0. The molecule has 122 valence electrons. The summed E-state index contributed by atoms with van der Waals surface area (Å²) in [6, 6.07) is 13.8. The fourth-order valence-corrected chi connectivity index (χ4v) is 2.28. The molecule has 0 fully saturated rings. The lowest BCUT2D eigenvalue weighted by molar-refractivity contribution is -0.116. The van der Waals surface area contributed by atoms with Crippen molar-refractivity contribution in [2.24, 2.45) is 0 Å². The van der Waals surface area contributed by atoms with Crippen LogP contribution in [0.2, 0.25) is 0 Å². The highest BCUT2D eigenvalue weighted by Crippen LogP contribution is 2.18. The van der Waals surface area contributed by atoms with Crippen LogP contribution in [0.4, 0.5) is 5.69 Å². The van der Waals surface area contributed by atoms with E-state index in [-0.39, 0.29) is 5.91 Å². The molecule has 0 aliphatic carbocycles. The second kappa shape index (κ2) is 8.34. The van der Waals surface area contributed by atoms with E-state index < -0.39 is 0 Å². The number of ether oxygens (including phenoxy) is 1. The number of amides is 1. The number of anilines is 1. The molecule has 1 amide bonds. The van der Waals surface area contributed by atoms with Gasteiger partial charge in [0.25, 0.3) is 0 Å². The number of aryl methyl sites for hydroxylation is 1. The molecular formula is C19H24N2O2. The quantitative estimate of drug-likeness (QED) is 0.770. The van der Waals surface area contributed by atoms with E-state index in [9.17, 15) is 4.79 Å².